The van der Waals surface area contributed by atoms with Gasteiger partial charge in [0.25, 0.3) is 0 Å². The van der Waals surface area contributed by atoms with Crippen molar-refractivity contribution in [3.63, 3.8) is 0 Å². The topological polar surface area (TPSA) is 38.0 Å². The van der Waals surface area contributed by atoms with Gasteiger partial charge < -0.3 is 11.1 Å². The highest BCUT2D eigenvalue weighted by Gasteiger charge is 2.11. The van der Waals surface area contributed by atoms with E-state index in [1.165, 1.54) is 37.3 Å². The van der Waals surface area contributed by atoms with Gasteiger partial charge in [0.05, 0.1) is 0 Å². The Bertz CT molecular complexity index is 103. The molecule has 12 heavy (non-hydrogen) atoms. The molecule has 0 bridgehead atoms. The molecule has 1 rings (SSSR count). The zero-order chi connectivity index (χ0) is 8.65. The maximum absolute atomic E-state index is 5.42. The molecular weight excluding hydrogens is 168 g/mol. The largest absolute Gasteiger partial charge is 0.330 e. The second-order valence-corrected chi connectivity index (χ2v) is 4.51. The van der Waals surface area contributed by atoms with E-state index in [1.54, 1.807) is 0 Å². The fourth-order valence-electron chi connectivity index (χ4n) is 1.48. The molecule has 72 valence electrons. The van der Waals surface area contributed by atoms with Crippen LogP contribution in [-0.4, -0.2) is 30.6 Å². The lowest BCUT2D eigenvalue weighted by Gasteiger charge is -2.22. The van der Waals surface area contributed by atoms with Crippen LogP contribution in [-0.2, 0) is 0 Å². The Kier molecular flexibility index (Phi) is 5.82. The van der Waals surface area contributed by atoms with Crippen molar-refractivity contribution in [2.45, 2.75) is 31.7 Å². The van der Waals surface area contributed by atoms with E-state index in [0.717, 1.165) is 19.0 Å². The molecule has 1 saturated heterocycles. The van der Waals surface area contributed by atoms with E-state index in [0.29, 0.717) is 0 Å². The molecule has 2 nitrogen and oxygen atoms in total. The van der Waals surface area contributed by atoms with Gasteiger partial charge >= 0.3 is 0 Å². The van der Waals surface area contributed by atoms with Crippen molar-refractivity contribution >= 4 is 11.8 Å². The Balaban J connectivity index is 1.91. The van der Waals surface area contributed by atoms with Gasteiger partial charge in [-0.05, 0) is 38.1 Å². The normalized spacial score (nSPS) is 24.2. The van der Waals surface area contributed by atoms with Gasteiger partial charge in [0.1, 0.15) is 0 Å². The van der Waals surface area contributed by atoms with Gasteiger partial charge in [0.2, 0.25) is 0 Å². The zero-order valence-corrected chi connectivity index (χ0v) is 8.54. The fourth-order valence-corrected chi connectivity index (χ4v) is 2.58. The van der Waals surface area contributed by atoms with Crippen LogP contribution in [0.4, 0.5) is 0 Å². The van der Waals surface area contributed by atoms with E-state index in [2.05, 4.69) is 5.32 Å². The molecule has 1 aliphatic rings. The maximum atomic E-state index is 5.42. The van der Waals surface area contributed by atoms with Crippen molar-refractivity contribution in [3.8, 4) is 0 Å². The first kappa shape index (κ1) is 10.4. The van der Waals surface area contributed by atoms with Crippen molar-refractivity contribution in [2.75, 3.05) is 24.6 Å². The lowest BCUT2D eigenvalue weighted by atomic mass is 10.1. The highest BCUT2D eigenvalue weighted by atomic mass is 32.2. The van der Waals surface area contributed by atoms with Gasteiger partial charge in [-0.3, -0.25) is 0 Å². The summed E-state index contributed by atoms with van der Waals surface area (Å²) in [6.45, 7) is 2.06. The number of hydrogen-bond acceptors (Lipinski definition) is 3. The maximum Gasteiger partial charge on any atom is 0.0158 e. The van der Waals surface area contributed by atoms with Crippen LogP contribution in [0.15, 0.2) is 0 Å². The van der Waals surface area contributed by atoms with Gasteiger partial charge in [-0.1, -0.05) is 6.42 Å². The summed E-state index contributed by atoms with van der Waals surface area (Å²) >= 11 is 2.04. The highest BCUT2D eigenvalue weighted by molar-refractivity contribution is 7.99. The molecule has 0 aromatic carbocycles. The van der Waals surface area contributed by atoms with Crippen LogP contribution < -0.4 is 11.1 Å². The molecule has 1 unspecified atom stereocenters. The van der Waals surface area contributed by atoms with Crippen LogP contribution >= 0.6 is 11.8 Å². The van der Waals surface area contributed by atoms with E-state index in [1.807, 2.05) is 11.8 Å². The van der Waals surface area contributed by atoms with Crippen LogP contribution in [0.25, 0.3) is 0 Å². The van der Waals surface area contributed by atoms with Crippen LogP contribution in [0.3, 0.4) is 0 Å². The first-order chi connectivity index (χ1) is 5.93. The summed E-state index contributed by atoms with van der Waals surface area (Å²) in [7, 11) is 0. The highest BCUT2D eigenvalue weighted by Crippen LogP contribution is 2.12. The van der Waals surface area contributed by atoms with E-state index in [-0.39, 0.29) is 0 Å². The Labute approximate surface area is 79.7 Å². The van der Waals surface area contributed by atoms with Crippen LogP contribution in [0.5, 0.6) is 0 Å². The van der Waals surface area contributed by atoms with Gasteiger partial charge in [-0.15, -0.1) is 0 Å². The van der Waals surface area contributed by atoms with Gasteiger partial charge in [0.15, 0.2) is 0 Å². The summed E-state index contributed by atoms with van der Waals surface area (Å²) in [5, 5.41) is 3.54. The predicted octanol–water partition coefficient (Wildman–Crippen LogP) is 1.21. The summed E-state index contributed by atoms with van der Waals surface area (Å²) in [5.41, 5.74) is 5.42. The quantitative estimate of drug-likeness (QED) is 0.637. The van der Waals surface area contributed by atoms with Gasteiger partial charge in [-0.25, -0.2) is 0 Å². The molecule has 0 saturated carbocycles. The summed E-state index contributed by atoms with van der Waals surface area (Å²) in [6, 6.07) is 0.779. The van der Waals surface area contributed by atoms with Crippen LogP contribution in [0.1, 0.15) is 25.7 Å². The van der Waals surface area contributed by atoms with Crippen molar-refractivity contribution in [1.29, 1.82) is 0 Å². The van der Waals surface area contributed by atoms with Gasteiger partial charge in [0, 0.05) is 11.8 Å². The number of rotatable bonds is 5. The molecule has 0 aliphatic carbocycles. The van der Waals surface area contributed by atoms with Crippen LogP contribution in [0, 0.1) is 0 Å². The summed E-state index contributed by atoms with van der Waals surface area (Å²) in [4.78, 5) is 0. The Hall–Kier alpha value is 0.270. The molecule has 1 atom stereocenters. The molecule has 0 aromatic rings. The third kappa shape index (κ3) is 4.33. The first-order valence-corrected chi connectivity index (χ1v) is 6.10. The monoisotopic (exact) mass is 188 g/mol. The van der Waals surface area contributed by atoms with Crippen molar-refractivity contribution in [1.82, 2.24) is 5.32 Å². The second-order valence-electron chi connectivity index (χ2n) is 3.36. The smallest absolute Gasteiger partial charge is 0.0158 e. The predicted molar refractivity (Wildman–Crippen MR) is 56.6 cm³/mol. The number of thioether (sulfide) groups is 1. The fraction of sp³-hybridized carbons (Fsp3) is 1.00. The van der Waals surface area contributed by atoms with Gasteiger partial charge in [-0.2, -0.15) is 11.8 Å². The summed E-state index contributed by atoms with van der Waals surface area (Å²) in [5.74, 6) is 2.51. The van der Waals surface area contributed by atoms with E-state index in [4.69, 9.17) is 5.73 Å². The molecule has 0 amide bonds. The lowest BCUT2D eigenvalue weighted by Crippen LogP contribution is -2.35. The minimum absolute atomic E-state index is 0.779. The third-order valence-electron chi connectivity index (χ3n) is 2.22. The number of nitrogens with one attached hydrogen (secondary N) is 1. The molecule has 1 heterocycles. The molecule has 1 aliphatic heterocycles. The molecule has 3 N–H and O–H groups in total. The standard InChI is InChI=1S/C9H20N2S/c10-5-3-7-12-8-9-4-1-2-6-11-9/h9,11H,1-8,10H2. The Morgan fingerprint density at radius 1 is 1.42 bits per heavy atom. The third-order valence-corrected chi connectivity index (χ3v) is 3.44. The van der Waals surface area contributed by atoms with E-state index >= 15 is 0 Å². The molecule has 0 spiro atoms. The number of nitrogens with two attached hydrogens (primary N) is 1. The van der Waals surface area contributed by atoms with E-state index < -0.39 is 0 Å². The lowest BCUT2D eigenvalue weighted by molar-refractivity contribution is 0.430. The molecule has 1 fully saturated rings. The SMILES string of the molecule is NCCCSCC1CCCCN1. The zero-order valence-electron chi connectivity index (χ0n) is 7.72. The van der Waals surface area contributed by atoms with Crippen molar-refractivity contribution in [3.05, 3.63) is 0 Å². The van der Waals surface area contributed by atoms with E-state index in [9.17, 15) is 0 Å². The minimum atomic E-state index is 0.779. The van der Waals surface area contributed by atoms with Crippen molar-refractivity contribution < 1.29 is 0 Å². The molecule has 0 radical (unpaired) electrons. The molecule has 0 aromatic heterocycles. The second kappa shape index (κ2) is 6.75. The minimum Gasteiger partial charge on any atom is -0.330 e. The average Bonchev–Trinajstić information content (AvgIpc) is 2.14. The summed E-state index contributed by atoms with van der Waals surface area (Å²) in [6.07, 6.45) is 5.31. The Morgan fingerprint density at radius 2 is 2.33 bits per heavy atom. The molecular formula is C9H20N2S. The molecule has 3 heteroatoms. The van der Waals surface area contributed by atoms with Crippen LogP contribution in [0.2, 0.25) is 0 Å². The first-order valence-electron chi connectivity index (χ1n) is 4.94. The number of hydrogen-bond donors (Lipinski definition) is 2. The Morgan fingerprint density at radius 3 is 3.00 bits per heavy atom. The van der Waals surface area contributed by atoms with Crippen molar-refractivity contribution in [2.24, 2.45) is 5.73 Å². The average molecular weight is 188 g/mol. The number of piperidine rings is 1. The summed E-state index contributed by atoms with van der Waals surface area (Å²) < 4.78 is 0.